The van der Waals surface area contributed by atoms with Crippen molar-refractivity contribution in [1.82, 2.24) is 30.2 Å². The van der Waals surface area contributed by atoms with Crippen LogP contribution in [-0.4, -0.2) is 50.9 Å². The Morgan fingerprint density at radius 2 is 1.81 bits per heavy atom. The predicted molar refractivity (Wildman–Crippen MR) is 126 cm³/mol. The van der Waals surface area contributed by atoms with Crippen LogP contribution >= 0.6 is 0 Å². The highest BCUT2D eigenvalue weighted by Crippen LogP contribution is 2.28. The zero-order valence-electron chi connectivity index (χ0n) is 18.3. The van der Waals surface area contributed by atoms with Gasteiger partial charge in [0.25, 0.3) is 0 Å². The molecule has 3 heterocycles. The maximum atomic E-state index is 11.2. The smallest absolute Gasteiger partial charge is 0.216 e. The SMILES string of the molecule is CC(=O)NCCNc1nc(-c2ccncc2)nc2[nH]cc(CN(C)Cc3ccccc3)c12. The van der Waals surface area contributed by atoms with E-state index >= 15 is 0 Å². The number of nitrogens with one attached hydrogen (secondary N) is 3. The van der Waals surface area contributed by atoms with Crippen molar-refractivity contribution in [3.8, 4) is 11.4 Å². The molecule has 1 aromatic carbocycles. The van der Waals surface area contributed by atoms with Crippen molar-refractivity contribution in [3.05, 3.63) is 72.2 Å². The van der Waals surface area contributed by atoms with Crippen LogP contribution in [0.15, 0.2) is 61.1 Å². The van der Waals surface area contributed by atoms with E-state index in [1.54, 1.807) is 12.4 Å². The average molecular weight is 430 g/mol. The van der Waals surface area contributed by atoms with E-state index in [1.165, 1.54) is 12.5 Å². The van der Waals surface area contributed by atoms with Crippen molar-refractivity contribution in [1.29, 1.82) is 0 Å². The maximum absolute atomic E-state index is 11.2. The summed E-state index contributed by atoms with van der Waals surface area (Å²) in [5.41, 5.74) is 4.04. The minimum absolute atomic E-state index is 0.0537. The normalized spacial score (nSPS) is 11.1. The highest BCUT2D eigenvalue weighted by atomic mass is 16.1. The highest BCUT2D eigenvalue weighted by Gasteiger charge is 2.16. The molecule has 0 spiro atoms. The van der Waals surface area contributed by atoms with Gasteiger partial charge in [0.15, 0.2) is 5.82 Å². The summed E-state index contributed by atoms with van der Waals surface area (Å²) in [5, 5.41) is 7.16. The van der Waals surface area contributed by atoms with E-state index in [0.29, 0.717) is 18.9 Å². The van der Waals surface area contributed by atoms with Crippen LogP contribution in [0, 0.1) is 0 Å². The number of carbonyl (C=O) groups is 1. The molecule has 0 saturated carbocycles. The van der Waals surface area contributed by atoms with Gasteiger partial charge in [-0.15, -0.1) is 0 Å². The molecule has 0 radical (unpaired) electrons. The molecule has 0 aliphatic rings. The van der Waals surface area contributed by atoms with Crippen LogP contribution in [0.1, 0.15) is 18.1 Å². The van der Waals surface area contributed by atoms with Crippen molar-refractivity contribution in [2.75, 3.05) is 25.5 Å². The summed E-state index contributed by atoms with van der Waals surface area (Å²) >= 11 is 0. The van der Waals surface area contributed by atoms with Crippen LogP contribution in [0.2, 0.25) is 0 Å². The fraction of sp³-hybridized carbons (Fsp3) is 0.250. The van der Waals surface area contributed by atoms with Gasteiger partial charge in [0, 0.05) is 57.3 Å². The van der Waals surface area contributed by atoms with Gasteiger partial charge < -0.3 is 15.6 Å². The molecule has 3 aromatic heterocycles. The molecule has 3 N–H and O–H groups in total. The molecule has 1 amide bonds. The number of hydrogen-bond acceptors (Lipinski definition) is 6. The lowest BCUT2D eigenvalue weighted by Crippen LogP contribution is -2.26. The summed E-state index contributed by atoms with van der Waals surface area (Å²) in [5.74, 6) is 1.31. The van der Waals surface area contributed by atoms with Gasteiger partial charge in [0.2, 0.25) is 5.91 Å². The van der Waals surface area contributed by atoms with E-state index in [4.69, 9.17) is 9.97 Å². The summed E-state index contributed by atoms with van der Waals surface area (Å²) in [6.45, 7) is 4.17. The summed E-state index contributed by atoms with van der Waals surface area (Å²) in [4.78, 5) is 30.4. The Balaban J connectivity index is 1.62. The molecule has 0 atom stereocenters. The molecule has 0 unspecified atom stereocenters. The van der Waals surface area contributed by atoms with Crippen molar-refractivity contribution >= 4 is 22.8 Å². The molecule has 0 bridgehead atoms. The Morgan fingerprint density at radius 3 is 2.56 bits per heavy atom. The molecule has 32 heavy (non-hydrogen) atoms. The van der Waals surface area contributed by atoms with Gasteiger partial charge in [-0.3, -0.25) is 14.7 Å². The number of amides is 1. The van der Waals surface area contributed by atoms with Gasteiger partial charge in [-0.05, 0) is 30.3 Å². The van der Waals surface area contributed by atoms with E-state index in [-0.39, 0.29) is 5.91 Å². The zero-order chi connectivity index (χ0) is 22.3. The fourth-order valence-electron chi connectivity index (χ4n) is 3.64. The molecular formula is C24H27N7O. The van der Waals surface area contributed by atoms with Crippen LogP contribution in [0.5, 0.6) is 0 Å². The number of fused-ring (bicyclic) bond motifs is 1. The molecule has 0 aliphatic heterocycles. The summed E-state index contributed by atoms with van der Waals surface area (Å²) < 4.78 is 0. The monoisotopic (exact) mass is 429 g/mol. The summed E-state index contributed by atoms with van der Waals surface area (Å²) in [6.07, 6.45) is 5.45. The number of carbonyl (C=O) groups excluding carboxylic acids is 1. The molecule has 4 rings (SSSR count). The molecule has 4 aromatic rings. The van der Waals surface area contributed by atoms with E-state index < -0.39 is 0 Å². The van der Waals surface area contributed by atoms with Gasteiger partial charge >= 0.3 is 0 Å². The van der Waals surface area contributed by atoms with Gasteiger partial charge in [-0.25, -0.2) is 9.97 Å². The van der Waals surface area contributed by atoms with Crippen LogP contribution in [-0.2, 0) is 17.9 Å². The number of benzene rings is 1. The average Bonchev–Trinajstić information content (AvgIpc) is 3.20. The Hall–Kier alpha value is -3.78. The standard InChI is InChI=1S/C24H27N7O/c1-17(32)26-12-13-27-23-21-20(16-31(2)15-18-6-4-3-5-7-18)14-28-24(21)30-22(29-23)19-8-10-25-11-9-19/h3-11,14H,12-13,15-16H2,1-2H3,(H,26,32)(H2,27,28,29,30). The van der Waals surface area contributed by atoms with Gasteiger partial charge in [0.05, 0.1) is 5.39 Å². The lowest BCUT2D eigenvalue weighted by Gasteiger charge is -2.17. The van der Waals surface area contributed by atoms with Crippen LogP contribution in [0.3, 0.4) is 0 Å². The first kappa shape index (κ1) is 21.5. The Labute approximate surface area is 187 Å². The molecule has 0 saturated heterocycles. The second kappa shape index (κ2) is 10.0. The van der Waals surface area contributed by atoms with Gasteiger partial charge in [-0.2, -0.15) is 0 Å². The molecular weight excluding hydrogens is 402 g/mol. The number of aromatic nitrogens is 4. The number of aromatic amines is 1. The largest absolute Gasteiger partial charge is 0.368 e. The number of rotatable bonds is 9. The van der Waals surface area contributed by atoms with Crippen LogP contribution in [0.25, 0.3) is 22.4 Å². The Morgan fingerprint density at radius 1 is 1.03 bits per heavy atom. The molecule has 0 aliphatic carbocycles. The minimum atomic E-state index is -0.0537. The van der Waals surface area contributed by atoms with E-state index in [2.05, 4.69) is 56.8 Å². The quantitative estimate of drug-likeness (QED) is 0.354. The van der Waals surface area contributed by atoms with Crippen molar-refractivity contribution in [2.24, 2.45) is 0 Å². The minimum Gasteiger partial charge on any atom is -0.368 e. The third kappa shape index (κ3) is 5.28. The maximum Gasteiger partial charge on any atom is 0.216 e. The third-order valence-corrected chi connectivity index (χ3v) is 5.08. The number of nitrogens with zero attached hydrogens (tertiary/aromatic N) is 4. The van der Waals surface area contributed by atoms with Crippen LogP contribution < -0.4 is 10.6 Å². The first-order chi connectivity index (χ1) is 15.6. The van der Waals surface area contributed by atoms with Crippen molar-refractivity contribution < 1.29 is 4.79 Å². The second-order valence-electron chi connectivity index (χ2n) is 7.74. The predicted octanol–water partition coefficient (Wildman–Crippen LogP) is 3.20. The van der Waals surface area contributed by atoms with Gasteiger partial charge in [0.1, 0.15) is 11.5 Å². The fourth-order valence-corrected chi connectivity index (χ4v) is 3.64. The van der Waals surface area contributed by atoms with E-state index in [9.17, 15) is 4.79 Å². The highest BCUT2D eigenvalue weighted by molar-refractivity contribution is 5.92. The van der Waals surface area contributed by atoms with E-state index in [1.807, 2.05) is 24.4 Å². The lowest BCUT2D eigenvalue weighted by molar-refractivity contribution is -0.118. The topological polar surface area (TPSA) is 98.8 Å². The summed E-state index contributed by atoms with van der Waals surface area (Å²) in [7, 11) is 2.10. The molecule has 0 fully saturated rings. The van der Waals surface area contributed by atoms with Crippen LogP contribution in [0.4, 0.5) is 5.82 Å². The number of H-pyrrole nitrogens is 1. The third-order valence-electron chi connectivity index (χ3n) is 5.08. The molecule has 8 nitrogen and oxygen atoms in total. The van der Waals surface area contributed by atoms with Gasteiger partial charge in [-0.1, -0.05) is 30.3 Å². The Kier molecular flexibility index (Phi) is 6.72. The zero-order valence-corrected chi connectivity index (χ0v) is 18.3. The lowest BCUT2D eigenvalue weighted by atomic mass is 10.1. The number of pyridine rings is 1. The number of hydrogen-bond donors (Lipinski definition) is 3. The molecule has 8 heteroatoms. The first-order valence-corrected chi connectivity index (χ1v) is 10.6. The molecule has 164 valence electrons. The first-order valence-electron chi connectivity index (χ1n) is 10.6. The number of anilines is 1. The van der Waals surface area contributed by atoms with Crippen molar-refractivity contribution in [2.45, 2.75) is 20.0 Å². The second-order valence-corrected chi connectivity index (χ2v) is 7.74. The van der Waals surface area contributed by atoms with E-state index in [0.717, 1.165) is 41.1 Å². The van der Waals surface area contributed by atoms with Crippen molar-refractivity contribution in [3.63, 3.8) is 0 Å². The summed E-state index contributed by atoms with van der Waals surface area (Å²) in [6, 6.07) is 14.2. The Bertz CT molecular complexity index is 1180.